The number of carbonyl (C=O) groups excluding carboxylic acids is 1. The molecular formula is C25H39N5O2. The highest BCUT2D eigenvalue weighted by Crippen LogP contribution is 2.38. The first-order chi connectivity index (χ1) is 15.2. The molecule has 1 unspecified atom stereocenters. The van der Waals surface area contributed by atoms with Gasteiger partial charge in [0.1, 0.15) is 17.6 Å². The molecule has 0 radical (unpaired) electrons. The van der Waals surface area contributed by atoms with E-state index in [4.69, 9.17) is 4.74 Å². The molecule has 0 aliphatic carbocycles. The van der Waals surface area contributed by atoms with Gasteiger partial charge in [-0.05, 0) is 44.7 Å². The molecule has 7 heteroatoms. The maximum Gasteiger partial charge on any atom is 0.227 e. The second-order valence-electron chi connectivity index (χ2n) is 10.3. The summed E-state index contributed by atoms with van der Waals surface area (Å²) in [7, 11) is 0. The topological polar surface area (TPSA) is 72.7 Å². The average Bonchev–Trinajstić information content (AvgIpc) is 2.76. The largest absolute Gasteiger partial charge is 0.375 e. The molecule has 2 fully saturated rings. The molecule has 1 amide bonds. The van der Waals surface area contributed by atoms with Crippen molar-refractivity contribution < 1.29 is 9.53 Å². The highest BCUT2D eigenvalue weighted by molar-refractivity contribution is 5.92. The number of anilines is 1. The van der Waals surface area contributed by atoms with Crippen molar-refractivity contribution in [2.75, 3.05) is 50.8 Å². The number of aromatic nitrogens is 1. The second kappa shape index (κ2) is 10.3. The van der Waals surface area contributed by atoms with Crippen LogP contribution in [-0.4, -0.2) is 77.7 Å². The van der Waals surface area contributed by atoms with E-state index in [1.165, 1.54) is 0 Å². The molecule has 1 atom stereocenters. The highest BCUT2D eigenvalue weighted by Gasteiger charge is 2.47. The van der Waals surface area contributed by atoms with Crippen LogP contribution in [0, 0.1) is 17.2 Å². The molecule has 2 aliphatic rings. The van der Waals surface area contributed by atoms with Crippen LogP contribution in [-0.2, 0) is 9.53 Å². The zero-order chi connectivity index (χ0) is 23.4. The molecule has 0 saturated carbocycles. The van der Waals surface area contributed by atoms with E-state index in [1.807, 2.05) is 24.0 Å². The number of nitrogens with zero attached hydrogens (tertiary/aromatic N) is 5. The molecule has 0 aromatic carbocycles. The van der Waals surface area contributed by atoms with Gasteiger partial charge in [-0.2, -0.15) is 5.26 Å². The fourth-order valence-corrected chi connectivity index (χ4v) is 5.29. The Hall–Kier alpha value is -2.01. The van der Waals surface area contributed by atoms with Crippen molar-refractivity contribution in [3.63, 3.8) is 0 Å². The van der Waals surface area contributed by atoms with Gasteiger partial charge in [-0.15, -0.1) is 0 Å². The minimum absolute atomic E-state index is 0.0368. The predicted octanol–water partition coefficient (Wildman–Crippen LogP) is 3.30. The maximum absolute atomic E-state index is 13.1. The smallest absolute Gasteiger partial charge is 0.227 e. The Balaban J connectivity index is 1.90. The predicted molar refractivity (Wildman–Crippen MR) is 126 cm³/mol. The second-order valence-corrected chi connectivity index (χ2v) is 10.3. The number of pyridine rings is 1. The first-order valence-electron chi connectivity index (χ1n) is 12.0. The average molecular weight is 442 g/mol. The van der Waals surface area contributed by atoms with Crippen molar-refractivity contribution in [1.82, 2.24) is 14.8 Å². The van der Waals surface area contributed by atoms with Gasteiger partial charge in [0.2, 0.25) is 5.91 Å². The van der Waals surface area contributed by atoms with E-state index in [1.54, 1.807) is 6.07 Å². The van der Waals surface area contributed by atoms with Gasteiger partial charge in [0.05, 0.1) is 5.60 Å². The summed E-state index contributed by atoms with van der Waals surface area (Å²) in [5, 5.41) is 9.33. The van der Waals surface area contributed by atoms with Gasteiger partial charge in [-0.1, -0.05) is 26.8 Å². The number of hydrogen-bond donors (Lipinski definition) is 0. The van der Waals surface area contributed by atoms with Crippen LogP contribution in [0.5, 0.6) is 0 Å². The lowest BCUT2D eigenvalue weighted by molar-refractivity contribution is -0.130. The van der Waals surface area contributed by atoms with Crippen LogP contribution >= 0.6 is 0 Å². The third-order valence-electron chi connectivity index (χ3n) is 6.66. The van der Waals surface area contributed by atoms with E-state index in [-0.39, 0.29) is 17.0 Å². The van der Waals surface area contributed by atoms with E-state index in [2.05, 4.69) is 48.5 Å². The summed E-state index contributed by atoms with van der Waals surface area (Å²) in [6.07, 6.45) is 2.14. The standard InChI is InChI=1S/C25H39N5O2/c1-6-23(31)30(22-9-7-8-21(16-26)27-22)19-25(10-15-32-24(4,5)18-25)29-13-11-28(12-14-29)17-20(2)3/h7-9,20H,6,10-15,17-19H2,1-5H3. The summed E-state index contributed by atoms with van der Waals surface area (Å²) in [6.45, 7) is 17.2. The number of rotatable bonds is 7. The summed E-state index contributed by atoms with van der Waals surface area (Å²) in [5.41, 5.74) is -0.100. The molecule has 3 heterocycles. The molecule has 2 aliphatic heterocycles. The van der Waals surface area contributed by atoms with E-state index < -0.39 is 0 Å². The van der Waals surface area contributed by atoms with Gasteiger partial charge in [0.15, 0.2) is 0 Å². The van der Waals surface area contributed by atoms with Gasteiger partial charge in [-0.25, -0.2) is 4.98 Å². The number of hydrogen-bond acceptors (Lipinski definition) is 6. The molecule has 2 saturated heterocycles. The summed E-state index contributed by atoms with van der Waals surface area (Å²) in [4.78, 5) is 24.5. The molecule has 176 valence electrons. The molecule has 1 aromatic rings. The minimum Gasteiger partial charge on any atom is -0.375 e. The molecule has 0 N–H and O–H groups in total. The fraction of sp³-hybridized carbons (Fsp3) is 0.720. The van der Waals surface area contributed by atoms with E-state index in [0.717, 1.165) is 45.6 Å². The van der Waals surface area contributed by atoms with Crippen molar-refractivity contribution in [2.24, 2.45) is 5.92 Å². The summed E-state index contributed by atoms with van der Waals surface area (Å²) in [5.74, 6) is 1.27. The normalized spacial score (nSPS) is 24.3. The van der Waals surface area contributed by atoms with Crippen molar-refractivity contribution in [3.05, 3.63) is 23.9 Å². The molecule has 32 heavy (non-hydrogen) atoms. The Bertz CT molecular complexity index is 826. The van der Waals surface area contributed by atoms with Crippen molar-refractivity contribution >= 4 is 11.7 Å². The van der Waals surface area contributed by atoms with Gasteiger partial charge >= 0.3 is 0 Å². The molecule has 0 bridgehead atoms. The Morgan fingerprint density at radius 1 is 1.28 bits per heavy atom. The van der Waals surface area contributed by atoms with Gasteiger partial charge < -0.3 is 9.64 Å². The van der Waals surface area contributed by atoms with E-state index in [9.17, 15) is 10.1 Å². The molecule has 3 rings (SSSR count). The SMILES string of the molecule is CCC(=O)N(CC1(N2CCN(CC(C)C)CC2)CCOC(C)(C)C1)c1cccc(C#N)n1. The first-order valence-corrected chi connectivity index (χ1v) is 12.0. The fourth-order valence-electron chi connectivity index (χ4n) is 5.29. The minimum atomic E-state index is -0.254. The van der Waals surface area contributed by atoms with Crippen LogP contribution < -0.4 is 4.90 Å². The third kappa shape index (κ3) is 5.86. The van der Waals surface area contributed by atoms with Crippen LogP contribution in [0.4, 0.5) is 5.82 Å². The number of nitriles is 1. The van der Waals surface area contributed by atoms with E-state index >= 15 is 0 Å². The Morgan fingerprint density at radius 3 is 2.59 bits per heavy atom. The van der Waals surface area contributed by atoms with Crippen LogP contribution in [0.2, 0.25) is 0 Å². The molecule has 1 aromatic heterocycles. The number of carbonyl (C=O) groups is 1. The zero-order valence-electron chi connectivity index (χ0n) is 20.4. The Kier molecular flexibility index (Phi) is 7.92. The third-order valence-corrected chi connectivity index (χ3v) is 6.66. The van der Waals surface area contributed by atoms with Crippen LogP contribution in [0.25, 0.3) is 0 Å². The quantitative estimate of drug-likeness (QED) is 0.646. The van der Waals surface area contributed by atoms with E-state index in [0.29, 0.717) is 37.0 Å². The maximum atomic E-state index is 13.1. The van der Waals surface area contributed by atoms with Gasteiger partial charge in [-0.3, -0.25) is 14.6 Å². The monoisotopic (exact) mass is 441 g/mol. The summed E-state index contributed by atoms with van der Waals surface area (Å²) in [6, 6.07) is 7.43. The van der Waals surface area contributed by atoms with Crippen LogP contribution in [0.1, 0.15) is 59.6 Å². The molecule has 0 spiro atoms. The summed E-state index contributed by atoms with van der Waals surface area (Å²) < 4.78 is 6.10. The van der Waals surface area contributed by atoms with Crippen LogP contribution in [0.15, 0.2) is 18.2 Å². The Morgan fingerprint density at radius 2 is 2.00 bits per heavy atom. The van der Waals surface area contributed by atoms with Gasteiger partial charge in [0.25, 0.3) is 0 Å². The molecular weight excluding hydrogens is 402 g/mol. The van der Waals surface area contributed by atoms with Crippen molar-refractivity contribution in [1.29, 1.82) is 5.26 Å². The van der Waals surface area contributed by atoms with Crippen LogP contribution in [0.3, 0.4) is 0 Å². The zero-order valence-corrected chi connectivity index (χ0v) is 20.4. The first kappa shape index (κ1) is 24.6. The lowest BCUT2D eigenvalue weighted by Gasteiger charge is -2.54. The highest BCUT2D eigenvalue weighted by atomic mass is 16.5. The number of ether oxygens (including phenoxy) is 1. The lowest BCUT2D eigenvalue weighted by atomic mass is 9.78. The van der Waals surface area contributed by atoms with Gasteiger partial charge in [0, 0.05) is 57.8 Å². The van der Waals surface area contributed by atoms with Crippen molar-refractivity contribution in [2.45, 2.75) is 65.0 Å². The number of amides is 1. The molecule has 7 nitrogen and oxygen atoms in total. The number of piperazine rings is 1. The Labute approximate surface area is 193 Å². The lowest BCUT2D eigenvalue weighted by Crippen LogP contribution is -2.66. The summed E-state index contributed by atoms with van der Waals surface area (Å²) >= 11 is 0. The van der Waals surface area contributed by atoms with Crippen molar-refractivity contribution in [3.8, 4) is 6.07 Å².